The predicted molar refractivity (Wildman–Crippen MR) is 59.9 cm³/mol. The van der Waals surface area contributed by atoms with Gasteiger partial charge in [-0.3, -0.25) is 4.79 Å². The van der Waals surface area contributed by atoms with Crippen LogP contribution in [-0.4, -0.2) is 58.6 Å². The second-order valence-corrected chi connectivity index (χ2v) is 4.86. The third-order valence-electron chi connectivity index (χ3n) is 2.51. The molecule has 0 spiro atoms. The molecule has 15 heavy (non-hydrogen) atoms. The summed E-state index contributed by atoms with van der Waals surface area (Å²) in [5.41, 5.74) is 0. The molecular weight excluding hydrogens is 214 g/mol. The van der Waals surface area contributed by atoms with Gasteiger partial charge < -0.3 is 15.3 Å². The number of carbonyl (C=O) groups excluding carboxylic acids is 1. The van der Waals surface area contributed by atoms with Gasteiger partial charge in [0, 0.05) is 26.2 Å². The van der Waals surface area contributed by atoms with Gasteiger partial charge in [-0.15, -0.1) is 0 Å². The van der Waals surface area contributed by atoms with Gasteiger partial charge in [0.05, 0.1) is 6.10 Å². The van der Waals surface area contributed by atoms with Crippen molar-refractivity contribution in [3.63, 3.8) is 0 Å². The van der Waals surface area contributed by atoms with Crippen molar-refractivity contribution in [2.24, 2.45) is 4.99 Å². The first-order chi connectivity index (χ1) is 7.18. The Labute approximate surface area is 92.9 Å². The van der Waals surface area contributed by atoms with Crippen molar-refractivity contribution in [1.82, 2.24) is 10.2 Å². The molecule has 0 saturated carbocycles. The molecule has 0 aliphatic carbocycles. The Hall–Kier alpha value is -0.590. The normalized spacial score (nSPS) is 29.2. The van der Waals surface area contributed by atoms with E-state index >= 15 is 0 Å². The summed E-state index contributed by atoms with van der Waals surface area (Å²) >= 11 is 1.38. The summed E-state index contributed by atoms with van der Waals surface area (Å²) in [6.07, 6.45) is -0.633. The lowest BCUT2D eigenvalue weighted by molar-refractivity contribution is -0.118. The molecule has 2 N–H and O–H groups in total. The summed E-state index contributed by atoms with van der Waals surface area (Å²) in [6.45, 7) is 5.24. The van der Waals surface area contributed by atoms with Gasteiger partial charge in [-0.1, -0.05) is 11.8 Å². The molecule has 1 saturated heterocycles. The van der Waals surface area contributed by atoms with Gasteiger partial charge in [-0.05, 0) is 6.92 Å². The lowest BCUT2D eigenvalue weighted by Crippen LogP contribution is -2.45. The molecule has 2 atom stereocenters. The molecule has 0 aromatic rings. The summed E-state index contributed by atoms with van der Waals surface area (Å²) < 4.78 is 0. The van der Waals surface area contributed by atoms with Crippen LogP contribution in [-0.2, 0) is 4.79 Å². The van der Waals surface area contributed by atoms with Gasteiger partial charge in [0.1, 0.15) is 5.25 Å². The number of amidine groups is 1. The second-order valence-electron chi connectivity index (χ2n) is 3.75. The minimum absolute atomic E-state index is 0.205. The predicted octanol–water partition coefficient (Wildman–Crippen LogP) is -0.730. The van der Waals surface area contributed by atoms with Crippen molar-refractivity contribution in [3.8, 4) is 0 Å². The zero-order valence-electron chi connectivity index (χ0n) is 8.64. The summed E-state index contributed by atoms with van der Waals surface area (Å²) in [5, 5.41) is 13.0. The van der Waals surface area contributed by atoms with Gasteiger partial charge >= 0.3 is 0 Å². The van der Waals surface area contributed by atoms with E-state index in [1.165, 1.54) is 11.8 Å². The SMILES string of the molecule is CC(O)C1SC(N2CCNCC2)=NC1=O. The van der Waals surface area contributed by atoms with Gasteiger partial charge in [-0.2, -0.15) is 4.99 Å². The standard InChI is InChI=1S/C9H15N3O2S/c1-6(13)7-8(14)11-9(15-7)12-4-2-10-3-5-12/h6-7,10,13H,2-5H2,1H3. The van der Waals surface area contributed by atoms with Crippen LogP contribution in [0.25, 0.3) is 0 Å². The van der Waals surface area contributed by atoms with Crippen LogP contribution >= 0.6 is 11.8 Å². The van der Waals surface area contributed by atoms with Gasteiger partial charge in [-0.25, -0.2) is 0 Å². The van der Waals surface area contributed by atoms with E-state index in [4.69, 9.17) is 0 Å². The minimum Gasteiger partial charge on any atom is -0.392 e. The fraction of sp³-hybridized carbons (Fsp3) is 0.778. The number of piperazine rings is 1. The van der Waals surface area contributed by atoms with E-state index in [1.54, 1.807) is 6.92 Å². The number of carbonyl (C=O) groups is 1. The van der Waals surface area contributed by atoms with Gasteiger partial charge in [0.2, 0.25) is 0 Å². The quantitative estimate of drug-likeness (QED) is 0.620. The Balaban J connectivity index is 2.00. The Kier molecular flexibility index (Phi) is 3.28. The molecule has 2 heterocycles. The number of hydrogen-bond acceptors (Lipinski definition) is 5. The van der Waals surface area contributed by atoms with Gasteiger partial charge in [0.25, 0.3) is 5.91 Å². The largest absolute Gasteiger partial charge is 0.392 e. The first-order valence-electron chi connectivity index (χ1n) is 5.11. The third-order valence-corrected chi connectivity index (χ3v) is 3.92. The number of nitrogens with one attached hydrogen (secondary N) is 1. The minimum atomic E-state index is -0.633. The maximum atomic E-state index is 11.5. The highest BCUT2D eigenvalue weighted by molar-refractivity contribution is 8.15. The molecule has 0 aromatic heterocycles. The molecule has 2 rings (SSSR count). The van der Waals surface area contributed by atoms with Crippen LogP contribution in [0.2, 0.25) is 0 Å². The molecule has 0 bridgehead atoms. The van der Waals surface area contributed by atoms with Crippen LogP contribution in [0.3, 0.4) is 0 Å². The fourth-order valence-corrected chi connectivity index (χ4v) is 2.71. The van der Waals surface area contributed by atoms with Crippen molar-refractivity contribution in [1.29, 1.82) is 0 Å². The number of aliphatic imine (C=N–C) groups is 1. The molecule has 1 fully saturated rings. The maximum absolute atomic E-state index is 11.5. The van der Waals surface area contributed by atoms with Crippen molar-refractivity contribution in [2.75, 3.05) is 26.2 Å². The summed E-state index contributed by atoms with van der Waals surface area (Å²) in [4.78, 5) is 17.6. The van der Waals surface area contributed by atoms with E-state index in [0.717, 1.165) is 31.3 Å². The van der Waals surface area contributed by atoms with E-state index < -0.39 is 11.4 Å². The Morgan fingerprint density at radius 3 is 2.80 bits per heavy atom. The number of hydrogen-bond donors (Lipinski definition) is 2. The Bertz CT molecular complexity index is 287. The number of thioether (sulfide) groups is 1. The van der Waals surface area contributed by atoms with Crippen molar-refractivity contribution in [3.05, 3.63) is 0 Å². The number of nitrogens with zero attached hydrogens (tertiary/aromatic N) is 2. The molecule has 0 radical (unpaired) electrons. The molecular formula is C9H15N3O2S. The molecule has 1 amide bonds. The Morgan fingerprint density at radius 1 is 1.60 bits per heavy atom. The molecule has 5 nitrogen and oxygen atoms in total. The highest BCUT2D eigenvalue weighted by Crippen LogP contribution is 2.27. The highest BCUT2D eigenvalue weighted by atomic mass is 32.2. The van der Waals surface area contributed by atoms with E-state index in [-0.39, 0.29) is 5.91 Å². The van der Waals surface area contributed by atoms with Crippen molar-refractivity contribution >= 4 is 22.8 Å². The van der Waals surface area contributed by atoms with E-state index in [0.29, 0.717) is 0 Å². The number of aliphatic hydroxyl groups excluding tert-OH is 1. The lowest BCUT2D eigenvalue weighted by Gasteiger charge is -2.28. The molecule has 2 aliphatic heterocycles. The highest BCUT2D eigenvalue weighted by Gasteiger charge is 2.34. The first-order valence-corrected chi connectivity index (χ1v) is 5.99. The summed E-state index contributed by atoms with van der Waals surface area (Å²) in [5.74, 6) is -0.205. The van der Waals surface area contributed by atoms with Crippen LogP contribution < -0.4 is 5.32 Å². The zero-order chi connectivity index (χ0) is 10.8. The molecule has 2 unspecified atom stereocenters. The van der Waals surface area contributed by atoms with Crippen molar-refractivity contribution in [2.45, 2.75) is 18.3 Å². The van der Waals surface area contributed by atoms with Crippen LogP contribution in [0.1, 0.15) is 6.92 Å². The topological polar surface area (TPSA) is 64.9 Å². The number of rotatable bonds is 1. The first kappa shape index (κ1) is 10.9. The number of amides is 1. The van der Waals surface area contributed by atoms with E-state index in [1.807, 2.05) is 0 Å². The third kappa shape index (κ3) is 2.32. The zero-order valence-corrected chi connectivity index (χ0v) is 9.46. The van der Waals surface area contributed by atoms with E-state index in [9.17, 15) is 9.90 Å². The van der Waals surface area contributed by atoms with Crippen molar-refractivity contribution < 1.29 is 9.90 Å². The fourth-order valence-electron chi connectivity index (χ4n) is 1.65. The molecule has 84 valence electrons. The monoisotopic (exact) mass is 229 g/mol. The van der Waals surface area contributed by atoms with Crippen LogP contribution in [0.5, 0.6) is 0 Å². The summed E-state index contributed by atoms with van der Waals surface area (Å²) in [6, 6.07) is 0. The number of aliphatic hydroxyl groups is 1. The van der Waals surface area contributed by atoms with Crippen LogP contribution in [0, 0.1) is 0 Å². The van der Waals surface area contributed by atoms with Crippen LogP contribution in [0.4, 0.5) is 0 Å². The molecule has 6 heteroatoms. The Morgan fingerprint density at radius 2 is 2.27 bits per heavy atom. The summed E-state index contributed by atoms with van der Waals surface area (Å²) in [7, 11) is 0. The van der Waals surface area contributed by atoms with Crippen LogP contribution in [0.15, 0.2) is 4.99 Å². The molecule has 0 aromatic carbocycles. The van der Waals surface area contributed by atoms with E-state index in [2.05, 4.69) is 15.2 Å². The smallest absolute Gasteiger partial charge is 0.264 e. The maximum Gasteiger partial charge on any atom is 0.264 e. The lowest BCUT2D eigenvalue weighted by atomic mass is 10.3. The average Bonchev–Trinajstić information content (AvgIpc) is 2.62. The second kappa shape index (κ2) is 4.51. The van der Waals surface area contributed by atoms with Gasteiger partial charge in [0.15, 0.2) is 5.17 Å². The average molecular weight is 229 g/mol. The molecule has 2 aliphatic rings.